The topological polar surface area (TPSA) is 69.1 Å². The van der Waals surface area contributed by atoms with E-state index in [1.807, 2.05) is 5.79 Å². The quantitative estimate of drug-likeness (QED) is 0.411. The van der Waals surface area contributed by atoms with Gasteiger partial charge in [-0.15, -0.1) is 5.79 Å². The second-order valence-corrected chi connectivity index (χ2v) is 7.51. The molecule has 1 unspecified atom stereocenters. The lowest BCUT2D eigenvalue weighted by atomic mass is 10.6. The van der Waals surface area contributed by atoms with Crippen LogP contribution in [0.15, 0.2) is 0 Å². The molecule has 0 bridgehead atoms. The molecule has 0 aromatic rings. The molecule has 0 aromatic heterocycles. The molecule has 0 aliphatic carbocycles. The van der Waals surface area contributed by atoms with Gasteiger partial charge in [0.1, 0.15) is 0 Å². The predicted octanol–water partition coefficient (Wildman–Crippen LogP) is -2.80. The fourth-order valence-corrected chi connectivity index (χ4v) is 0.523. The van der Waals surface area contributed by atoms with Crippen LogP contribution in [-0.4, -0.2) is 40.7 Å². The second-order valence-electron chi connectivity index (χ2n) is 2.14. The first-order chi connectivity index (χ1) is 3.50. The average Bonchev–Trinajstić information content (AvgIpc) is 1.67. The largest absolute Gasteiger partial charge is 0.370 e. The SMILES string of the molecule is [CH3][AlH][C](N)([AlH2])C(N)=O. The molecule has 0 rings (SSSR count). The van der Waals surface area contributed by atoms with E-state index in [4.69, 9.17) is 11.5 Å². The van der Waals surface area contributed by atoms with E-state index in [1.165, 1.54) is 0 Å². The summed E-state index contributed by atoms with van der Waals surface area (Å²) in [6.07, 6.45) is 0. The van der Waals surface area contributed by atoms with Crippen molar-refractivity contribution in [3.05, 3.63) is 0 Å². The number of carbonyl (C=O) groups excluding carboxylic acids is 1. The van der Waals surface area contributed by atoms with Gasteiger partial charge in [0.25, 0.3) is 15.2 Å². The van der Waals surface area contributed by atoms with E-state index in [1.54, 1.807) is 0 Å². The number of amides is 1. The summed E-state index contributed by atoms with van der Waals surface area (Å²) in [7, 11) is 0. The van der Waals surface area contributed by atoms with Crippen molar-refractivity contribution in [2.75, 3.05) is 0 Å². The number of hydrogen-bond acceptors (Lipinski definition) is 2. The molecule has 3 nitrogen and oxygen atoms in total. The molecular formula is C3H10Al2N2O. The monoisotopic (exact) mass is 144 g/mol. The van der Waals surface area contributed by atoms with Crippen molar-refractivity contribution in [3.63, 3.8) is 0 Å². The van der Waals surface area contributed by atoms with Crippen LogP contribution in [0.2, 0.25) is 5.79 Å². The van der Waals surface area contributed by atoms with Crippen LogP contribution < -0.4 is 11.5 Å². The molecule has 4 N–H and O–H groups in total. The van der Waals surface area contributed by atoms with Crippen LogP contribution >= 0.6 is 0 Å². The van der Waals surface area contributed by atoms with Crippen molar-refractivity contribution < 1.29 is 4.79 Å². The van der Waals surface area contributed by atoms with Gasteiger partial charge >= 0.3 is 0 Å². The van der Waals surface area contributed by atoms with Crippen LogP contribution in [0.3, 0.4) is 0 Å². The van der Waals surface area contributed by atoms with Crippen LogP contribution in [0.25, 0.3) is 0 Å². The maximum atomic E-state index is 10.4. The van der Waals surface area contributed by atoms with Gasteiger partial charge in [-0.2, -0.15) is 0 Å². The maximum Gasteiger partial charge on any atom is 0.255 e. The van der Waals surface area contributed by atoms with Gasteiger partial charge in [-0.3, -0.25) is 4.79 Å². The molecule has 0 fully saturated rings. The van der Waals surface area contributed by atoms with Gasteiger partial charge in [-0.1, -0.05) is 0 Å². The number of primary amides is 1. The molecule has 44 valence electrons. The molecule has 0 radical (unpaired) electrons. The highest BCUT2D eigenvalue weighted by molar-refractivity contribution is 6.61. The summed E-state index contributed by atoms with van der Waals surface area (Å²) >= 11 is 0.258. The van der Waals surface area contributed by atoms with Gasteiger partial charge < -0.3 is 11.5 Å². The molecule has 8 heavy (non-hydrogen) atoms. The van der Waals surface area contributed by atoms with Crippen LogP contribution in [0.4, 0.5) is 0 Å². The lowest BCUT2D eigenvalue weighted by Gasteiger charge is -2.15. The Kier molecular flexibility index (Phi) is 3.05. The summed E-state index contributed by atoms with van der Waals surface area (Å²) in [5, 5.41) is 0. The molecule has 0 aromatic carbocycles. The summed E-state index contributed by atoms with van der Waals surface area (Å²) in [5.74, 6) is 1.68. The van der Waals surface area contributed by atoms with Crippen LogP contribution in [0.1, 0.15) is 0 Å². The Hall–Kier alpha value is 0.495. The van der Waals surface area contributed by atoms with E-state index in [0.29, 0.717) is 16.3 Å². The van der Waals surface area contributed by atoms with E-state index in [0.717, 1.165) is 0 Å². The smallest absolute Gasteiger partial charge is 0.255 e. The molecule has 1 amide bonds. The Labute approximate surface area is 62.9 Å². The summed E-state index contributed by atoms with van der Waals surface area (Å²) in [6.45, 7) is 0. The minimum atomic E-state index is -0.542. The van der Waals surface area contributed by atoms with Crippen LogP contribution in [0, 0.1) is 0 Å². The van der Waals surface area contributed by atoms with Gasteiger partial charge in [0, 0.05) is 0 Å². The third-order valence-corrected chi connectivity index (χ3v) is 5.73. The Morgan fingerprint density at radius 2 is 2.25 bits per heavy atom. The number of hydrogen-bond donors (Lipinski definition) is 2. The normalized spacial score (nSPS) is 16.8. The van der Waals surface area contributed by atoms with Crippen molar-refractivity contribution in [1.82, 2.24) is 0 Å². The Morgan fingerprint density at radius 1 is 1.88 bits per heavy atom. The summed E-state index contributed by atoms with van der Waals surface area (Å²) < 4.78 is -0.542. The number of nitrogens with two attached hydrogens (primary N) is 2. The highest BCUT2D eigenvalue weighted by Gasteiger charge is 2.23. The summed E-state index contributed by atoms with van der Waals surface area (Å²) in [6, 6.07) is 0. The standard InChI is InChI=1S/C2H4N2O.CH3.2Al.3H/c3-1-2(4)5;;;;;;/h3H2,(H2,4,5);1H3;;;;;. The zero-order chi connectivity index (χ0) is 6.78. The van der Waals surface area contributed by atoms with Crippen molar-refractivity contribution in [1.29, 1.82) is 0 Å². The molecule has 0 heterocycles. The fourth-order valence-electron chi connectivity index (χ4n) is 0.174. The zero-order valence-corrected chi connectivity index (χ0v) is 8.68. The molecule has 0 saturated carbocycles. The first-order valence-electron chi connectivity index (χ1n) is 2.59. The molecule has 0 saturated heterocycles. The van der Waals surface area contributed by atoms with E-state index in [2.05, 4.69) is 0 Å². The van der Waals surface area contributed by atoms with Crippen LogP contribution in [0.5, 0.6) is 0 Å². The molecule has 0 aliphatic rings. The van der Waals surface area contributed by atoms with Crippen LogP contribution in [-0.2, 0) is 4.79 Å². The number of carbonyl (C=O) groups is 1. The molecular weight excluding hydrogens is 134 g/mol. The molecule has 0 aliphatic heterocycles. The van der Waals surface area contributed by atoms with E-state index >= 15 is 0 Å². The van der Waals surface area contributed by atoms with Gasteiger partial charge in [-0.05, 0) is 3.26 Å². The van der Waals surface area contributed by atoms with E-state index in [-0.39, 0.29) is 5.91 Å². The second kappa shape index (κ2) is 2.87. The summed E-state index contributed by atoms with van der Waals surface area (Å²) in [5.41, 5.74) is 10.5. The van der Waals surface area contributed by atoms with Gasteiger partial charge in [0.15, 0.2) is 0 Å². The van der Waals surface area contributed by atoms with E-state index < -0.39 is 18.5 Å². The third kappa shape index (κ3) is 2.18. The summed E-state index contributed by atoms with van der Waals surface area (Å²) in [4.78, 5) is 10.4. The van der Waals surface area contributed by atoms with Crippen molar-refractivity contribution in [2.24, 2.45) is 11.5 Å². The van der Waals surface area contributed by atoms with Crippen molar-refractivity contribution >= 4 is 37.4 Å². The number of rotatable bonds is 2. The Morgan fingerprint density at radius 3 is 2.25 bits per heavy atom. The minimum absolute atomic E-state index is 0.321. The Balaban J connectivity index is 3.91. The zero-order valence-electron chi connectivity index (χ0n) is 5.27. The van der Waals surface area contributed by atoms with Gasteiger partial charge in [-0.25, -0.2) is 0 Å². The van der Waals surface area contributed by atoms with Crippen molar-refractivity contribution in [3.8, 4) is 0 Å². The molecule has 1 atom stereocenters. The van der Waals surface area contributed by atoms with E-state index in [9.17, 15) is 4.79 Å². The molecule has 0 spiro atoms. The first kappa shape index (κ1) is 8.49. The average molecular weight is 144 g/mol. The minimum Gasteiger partial charge on any atom is -0.370 e. The first-order valence-corrected chi connectivity index (χ1v) is 5.71. The lowest BCUT2D eigenvalue weighted by Crippen LogP contribution is -2.56. The Bertz CT molecular complexity index is 103. The molecule has 5 heteroatoms. The highest BCUT2D eigenvalue weighted by Crippen LogP contribution is 1.86. The predicted molar refractivity (Wildman–Crippen MR) is 37.7 cm³/mol. The van der Waals surface area contributed by atoms with Gasteiger partial charge in [0.05, 0.1) is 0 Å². The maximum absolute atomic E-state index is 10.4. The lowest BCUT2D eigenvalue weighted by molar-refractivity contribution is -0.118. The highest BCUT2D eigenvalue weighted by atomic mass is 27.2. The third-order valence-electron chi connectivity index (χ3n) is 1.30. The van der Waals surface area contributed by atoms with Crippen molar-refractivity contribution in [2.45, 2.75) is 9.05 Å². The van der Waals surface area contributed by atoms with Gasteiger partial charge in [0.2, 0.25) is 22.2 Å². The fraction of sp³-hybridized carbons (Fsp3) is 0.667.